The van der Waals surface area contributed by atoms with Crippen molar-refractivity contribution in [2.24, 2.45) is 0 Å². The molecule has 2 N–H and O–H groups in total. The van der Waals surface area contributed by atoms with Crippen molar-refractivity contribution in [1.29, 1.82) is 0 Å². The lowest BCUT2D eigenvalue weighted by atomic mass is 9.95. The number of hydrogen-bond donors (Lipinski definition) is 2. The lowest BCUT2D eigenvalue weighted by Crippen LogP contribution is -2.49. The first-order valence-electron chi connectivity index (χ1n) is 7.22. The Hall–Kier alpha value is -1.42. The van der Waals surface area contributed by atoms with Gasteiger partial charge in [-0.1, -0.05) is 31.9 Å². The van der Waals surface area contributed by atoms with Crippen LogP contribution in [0.5, 0.6) is 0 Å². The minimum absolute atomic E-state index is 0.00686. The predicted octanol–water partition coefficient (Wildman–Crippen LogP) is 2.74. The second-order valence-corrected chi connectivity index (χ2v) is 5.85. The van der Waals surface area contributed by atoms with Crippen LogP contribution in [0.4, 0.5) is 4.39 Å². The van der Waals surface area contributed by atoms with Gasteiger partial charge in [-0.25, -0.2) is 4.39 Å². The number of aliphatic hydroxyl groups excluding tert-OH is 1. The van der Waals surface area contributed by atoms with Crippen LogP contribution >= 0.6 is 0 Å². The number of amides is 1. The molecule has 0 saturated heterocycles. The first kappa shape index (κ1) is 15.0. The van der Waals surface area contributed by atoms with Gasteiger partial charge in [0.1, 0.15) is 5.82 Å². The number of carbonyl (C=O) groups is 1. The molecule has 0 spiro atoms. The van der Waals surface area contributed by atoms with Crippen LogP contribution in [0, 0.1) is 5.82 Å². The number of benzene rings is 1. The van der Waals surface area contributed by atoms with Crippen LogP contribution in [-0.4, -0.2) is 23.2 Å². The second kappa shape index (κ2) is 6.35. The Morgan fingerprint density at radius 1 is 1.45 bits per heavy atom. The van der Waals surface area contributed by atoms with Crippen LogP contribution in [0.1, 0.15) is 50.5 Å². The van der Waals surface area contributed by atoms with Gasteiger partial charge in [0.05, 0.1) is 12.1 Å². The van der Waals surface area contributed by atoms with Crippen molar-refractivity contribution in [3.63, 3.8) is 0 Å². The van der Waals surface area contributed by atoms with E-state index in [1.54, 1.807) is 6.07 Å². The highest BCUT2D eigenvalue weighted by Crippen LogP contribution is 2.29. The number of carbonyl (C=O) groups excluding carboxylic acids is 1. The Labute approximate surface area is 119 Å². The Morgan fingerprint density at radius 2 is 2.15 bits per heavy atom. The van der Waals surface area contributed by atoms with Gasteiger partial charge in [-0.3, -0.25) is 4.79 Å². The number of hydrogen-bond acceptors (Lipinski definition) is 2. The molecule has 1 saturated carbocycles. The Balaban J connectivity index is 1.94. The van der Waals surface area contributed by atoms with Gasteiger partial charge in [-0.2, -0.15) is 0 Å². The van der Waals surface area contributed by atoms with Crippen molar-refractivity contribution in [2.45, 2.75) is 50.5 Å². The van der Waals surface area contributed by atoms with E-state index in [4.69, 9.17) is 0 Å². The fraction of sp³-hybridized carbons (Fsp3) is 0.562. The Morgan fingerprint density at radius 3 is 2.75 bits per heavy atom. The summed E-state index contributed by atoms with van der Waals surface area (Å²) in [5.41, 5.74) is 0.392. The maximum Gasteiger partial charge on any atom is 0.221 e. The van der Waals surface area contributed by atoms with E-state index in [2.05, 4.69) is 5.32 Å². The zero-order valence-electron chi connectivity index (χ0n) is 11.9. The molecule has 4 heteroatoms. The molecule has 1 fully saturated rings. The fourth-order valence-corrected chi connectivity index (χ4v) is 2.93. The quantitative estimate of drug-likeness (QED) is 0.870. The summed E-state index contributed by atoms with van der Waals surface area (Å²) in [5, 5.41) is 12.5. The molecule has 0 aromatic heterocycles. The maximum absolute atomic E-state index is 13.2. The van der Waals surface area contributed by atoms with Crippen molar-refractivity contribution >= 4 is 5.91 Å². The molecule has 1 atom stereocenters. The van der Waals surface area contributed by atoms with Gasteiger partial charge in [0, 0.05) is 6.42 Å². The molecule has 1 aromatic rings. The number of rotatable bonds is 5. The zero-order chi connectivity index (χ0) is 14.6. The molecule has 0 aliphatic heterocycles. The van der Waals surface area contributed by atoms with Crippen LogP contribution in [0.2, 0.25) is 0 Å². The van der Waals surface area contributed by atoms with Crippen LogP contribution < -0.4 is 5.32 Å². The summed E-state index contributed by atoms with van der Waals surface area (Å²) in [5.74, 6) is -0.391. The number of nitrogens with one attached hydrogen (secondary N) is 1. The molecule has 20 heavy (non-hydrogen) atoms. The molecule has 110 valence electrons. The van der Waals surface area contributed by atoms with Crippen molar-refractivity contribution < 1.29 is 14.3 Å². The van der Waals surface area contributed by atoms with Gasteiger partial charge in [0.25, 0.3) is 0 Å². The Kier molecular flexibility index (Phi) is 4.76. The first-order chi connectivity index (χ1) is 9.54. The van der Waals surface area contributed by atoms with E-state index < -0.39 is 5.54 Å². The third-order valence-corrected chi connectivity index (χ3v) is 4.18. The number of aliphatic hydroxyl groups is 1. The van der Waals surface area contributed by atoms with E-state index in [0.717, 1.165) is 31.2 Å². The zero-order valence-corrected chi connectivity index (χ0v) is 11.9. The molecule has 1 aliphatic carbocycles. The third-order valence-electron chi connectivity index (χ3n) is 4.18. The van der Waals surface area contributed by atoms with Gasteiger partial charge in [-0.15, -0.1) is 0 Å². The van der Waals surface area contributed by atoms with Crippen LogP contribution in [0.15, 0.2) is 24.3 Å². The average Bonchev–Trinajstić information content (AvgIpc) is 2.87. The van der Waals surface area contributed by atoms with E-state index in [-0.39, 0.29) is 24.2 Å². The molecule has 1 unspecified atom stereocenters. The lowest BCUT2D eigenvalue weighted by molar-refractivity contribution is -0.123. The molecule has 1 aliphatic rings. The maximum atomic E-state index is 13.2. The topological polar surface area (TPSA) is 49.3 Å². The van der Waals surface area contributed by atoms with Crippen molar-refractivity contribution in [3.8, 4) is 0 Å². The molecular weight excluding hydrogens is 257 g/mol. The highest BCUT2D eigenvalue weighted by atomic mass is 19.1. The summed E-state index contributed by atoms with van der Waals surface area (Å²) in [6, 6.07) is 6.36. The average molecular weight is 279 g/mol. The number of halogens is 1. The summed E-state index contributed by atoms with van der Waals surface area (Å²) in [6.45, 7) is 1.90. The summed E-state index contributed by atoms with van der Waals surface area (Å²) < 4.78 is 13.2. The van der Waals surface area contributed by atoms with E-state index in [9.17, 15) is 14.3 Å². The SMILES string of the molecule is CC(CC(=O)NC1(CO)CCCC1)c1cccc(F)c1. The monoisotopic (exact) mass is 279 g/mol. The van der Waals surface area contributed by atoms with E-state index >= 15 is 0 Å². The Bertz CT molecular complexity index is 469. The summed E-state index contributed by atoms with van der Waals surface area (Å²) in [7, 11) is 0. The van der Waals surface area contributed by atoms with Gasteiger partial charge in [0.2, 0.25) is 5.91 Å². The molecule has 0 heterocycles. The van der Waals surface area contributed by atoms with E-state index in [1.807, 2.05) is 13.0 Å². The van der Waals surface area contributed by atoms with Gasteiger partial charge < -0.3 is 10.4 Å². The summed E-state index contributed by atoms with van der Waals surface area (Å²) >= 11 is 0. The molecule has 0 radical (unpaired) electrons. The molecule has 1 amide bonds. The highest BCUT2D eigenvalue weighted by molar-refractivity contribution is 5.77. The standard InChI is InChI=1S/C16H22FNO2/c1-12(13-5-4-6-14(17)10-13)9-15(20)18-16(11-19)7-2-3-8-16/h4-6,10,12,19H,2-3,7-9,11H2,1H3,(H,18,20). The van der Waals surface area contributed by atoms with Crippen molar-refractivity contribution in [2.75, 3.05) is 6.61 Å². The molecule has 1 aromatic carbocycles. The fourth-order valence-electron chi connectivity index (χ4n) is 2.93. The molecule has 0 bridgehead atoms. The largest absolute Gasteiger partial charge is 0.394 e. The molecular formula is C16H22FNO2. The van der Waals surface area contributed by atoms with Crippen LogP contribution in [-0.2, 0) is 4.79 Å². The van der Waals surface area contributed by atoms with Gasteiger partial charge >= 0.3 is 0 Å². The predicted molar refractivity (Wildman–Crippen MR) is 75.9 cm³/mol. The molecule has 2 rings (SSSR count). The van der Waals surface area contributed by atoms with Crippen molar-refractivity contribution in [1.82, 2.24) is 5.32 Å². The van der Waals surface area contributed by atoms with Crippen molar-refractivity contribution in [3.05, 3.63) is 35.6 Å². The third kappa shape index (κ3) is 3.57. The van der Waals surface area contributed by atoms with Crippen LogP contribution in [0.25, 0.3) is 0 Å². The van der Waals surface area contributed by atoms with Gasteiger partial charge in [-0.05, 0) is 36.5 Å². The minimum Gasteiger partial charge on any atom is -0.394 e. The smallest absolute Gasteiger partial charge is 0.221 e. The highest BCUT2D eigenvalue weighted by Gasteiger charge is 2.34. The van der Waals surface area contributed by atoms with Crippen LogP contribution in [0.3, 0.4) is 0 Å². The second-order valence-electron chi connectivity index (χ2n) is 5.85. The first-order valence-corrected chi connectivity index (χ1v) is 7.22. The summed E-state index contributed by atoms with van der Waals surface area (Å²) in [6.07, 6.45) is 4.07. The minimum atomic E-state index is -0.432. The molecule has 3 nitrogen and oxygen atoms in total. The normalized spacial score (nSPS) is 18.8. The van der Waals surface area contributed by atoms with E-state index in [1.165, 1.54) is 12.1 Å². The lowest BCUT2D eigenvalue weighted by Gasteiger charge is -2.28. The summed E-state index contributed by atoms with van der Waals surface area (Å²) in [4.78, 5) is 12.1. The van der Waals surface area contributed by atoms with Gasteiger partial charge in [0.15, 0.2) is 0 Å². The van der Waals surface area contributed by atoms with E-state index in [0.29, 0.717) is 6.42 Å².